The van der Waals surface area contributed by atoms with Crippen molar-refractivity contribution in [3.8, 4) is 0 Å². The number of aryl methyl sites for hydroxylation is 3. The van der Waals surface area contributed by atoms with Crippen LogP contribution in [0.4, 0.5) is 5.69 Å². The first-order valence-corrected chi connectivity index (χ1v) is 11.6. The Bertz CT molecular complexity index is 1300. The minimum atomic E-state index is -4.47. The van der Waals surface area contributed by atoms with E-state index >= 15 is 0 Å². The van der Waals surface area contributed by atoms with E-state index in [1.807, 2.05) is 28.6 Å². The van der Waals surface area contributed by atoms with Crippen molar-refractivity contribution in [2.75, 3.05) is 10.8 Å². The number of H-pyrrole nitrogens is 2. The smallest absolute Gasteiger partial charge is 0.325 e. The van der Waals surface area contributed by atoms with Crippen molar-refractivity contribution in [2.45, 2.75) is 32.2 Å². The number of hydrogen-bond donors (Lipinski definition) is 3. The van der Waals surface area contributed by atoms with Gasteiger partial charge in [-0.15, -0.1) is 11.3 Å². The van der Waals surface area contributed by atoms with Crippen LogP contribution in [-0.4, -0.2) is 30.8 Å². The summed E-state index contributed by atoms with van der Waals surface area (Å²) in [5, 5.41) is 4.57. The average Bonchev–Trinajstić information content (AvgIpc) is 3.16. The predicted octanol–water partition coefficient (Wildman–Crippen LogP) is 1.56. The predicted molar refractivity (Wildman–Crippen MR) is 119 cm³/mol. The Kier molecular flexibility index (Phi) is 6.46. The Labute approximate surface area is 182 Å². The number of thiophene rings is 1. The van der Waals surface area contributed by atoms with E-state index in [2.05, 4.69) is 10.3 Å². The lowest BCUT2D eigenvalue weighted by molar-refractivity contribution is -0.119. The number of aromatic amines is 2. The fourth-order valence-corrected chi connectivity index (χ4v) is 5.46. The molecule has 11 heteroatoms. The van der Waals surface area contributed by atoms with Crippen LogP contribution >= 0.6 is 11.3 Å². The van der Waals surface area contributed by atoms with Gasteiger partial charge in [0.1, 0.15) is 6.54 Å². The summed E-state index contributed by atoms with van der Waals surface area (Å²) >= 11 is 1.47. The van der Waals surface area contributed by atoms with Crippen LogP contribution in [0.2, 0.25) is 0 Å². The number of sulfonamides is 1. The molecule has 9 nitrogen and oxygen atoms in total. The second-order valence-corrected chi connectivity index (χ2v) is 9.91. The number of hydrogen-bond acceptors (Lipinski definition) is 6. The first kappa shape index (κ1) is 22.5. The number of rotatable bonds is 7. The van der Waals surface area contributed by atoms with Gasteiger partial charge in [0.2, 0.25) is 5.91 Å². The second-order valence-electron chi connectivity index (χ2n) is 7.08. The molecule has 0 aliphatic carbocycles. The van der Waals surface area contributed by atoms with Gasteiger partial charge in [0, 0.05) is 10.6 Å². The number of amides is 1. The van der Waals surface area contributed by atoms with Crippen molar-refractivity contribution in [1.29, 1.82) is 0 Å². The largest absolute Gasteiger partial charge is 0.350 e. The maximum atomic E-state index is 13.5. The summed E-state index contributed by atoms with van der Waals surface area (Å²) in [7, 11) is -4.47. The lowest BCUT2D eigenvalue weighted by atomic mass is 10.1. The van der Waals surface area contributed by atoms with Gasteiger partial charge in [0.15, 0.2) is 4.90 Å². The Morgan fingerprint density at radius 3 is 2.35 bits per heavy atom. The van der Waals surface area contributed by atoms with Gasteiger partial charge < -0.3 is 10.3 Å². The third kappa shape index (κ3) is 5.12. The highest BCUT2D eigenvalue weighted by Crippen LogP contribution is 2.25. The zero-order valence-electron chi connectivity index (χ0n) is 17.2. The molecule has 3 N–H and O–H groups in total. The Hall–Kier alpha value is -3.18. The van der Waals surface area contributed by atoms with E-state index in [4.69, 9.17) is 0 Å². The van der Waals surface area contributed by atoms with E-state index in [1.54, 1.807) is 26.0 Å². The summed E-state index contributed by atoms with van der Waals surface area (Å²) < 4.78 is 27.8. The lowest BCUT2D eigenvalue weighted by Gasteiger charge is -2.25. The summed E-state index contributed by atoms with van der Waals surface area (Å²) in [5.74, 6) is -0.533. The highest BCUT2D eigenvalue weighted by atomic mass is 32.2. The maximum absolute atomic E-state index is 13.5. The molecule has 1 amide bonds. The topological polar surface area (TPSA) is 132 Å². The van der Waals surface area contributed by atoms with E-state index in [1.165, 1.54) is 18.3 Å². The normalized spacial score (nSPS) is 11.3. The summed E-state index contributed by atoms with van der Waals surface area (Å²) in [6.07, 6.45) is 0. The number of aromatic nitrogens is 2. The fraction of sp³-hybridized carbons (Fsp3) is 0.250. The SMILES string of the molecule is Cc1cc(C)cc(N(CC(=O)NCc2cccs2)S(=O)(=O)c2c(C)[nH]c(=O)[nH]c2=O)c1. The maximum Gasteiger partial charge on any atom is 0.325 e. The van der Waals surface area contributed by atoms with E-state index in [-0.39, 0.29) is 17.9 Å². The van der Waals surface area contributed by atoms with Crippen LogP contribution in [0.15, 0.2) is 50.2 Å². The summed E-state index contributed by atoms with van der Waals surface area (Å²) in [4.78, 5) is 41.1. The molecule has 2 aromatic heterocycles. The average molecular weight is 463 g/mol. The minimum absolute atomic E-state index is 0.109. The van der Waals surface area contributed by atoms with Crippen LogP contribution in [0.3, 0.4) is 0 Å². The van der Waals surface area contributed by atoms with Crippen LogP contribution in [-0.2, 0) is 21.4 Å². The molecule has 0 aliphatic rings. The molecule has 0 spiro atoms. The van der Waals surface area contributed by atoms with Gasteiger partial charge in [0.05, 0.1) is 12.2 Å². The molecule has 0 saturated heterocycles. The molecule has 0 unspecified atom stereocenters. The van der Waals surface area contributed by atoms with Crippen molar-refractivity contribution >= 4 is 33.0 Å². The van der Waals surface area contributed by atoms with Crippen LogP contribution in [0.1, 0.15) is 21.7 Å². The summed E-state index contributed by atoms with van der Waals surface area (Å²) in [5.41, 5.74) is -0.138. The van der Waals surface area contributed by atoms with Gasteiger partial charge in [-0.2, -0.15) is 0 Å². The molecule has 0 bridgehead atoms. The zero-order valence-corrected chi connectivity index (χ0v) is 18.8. The standard InChI is InChI=1S/C20H22N4O5S2/c1-12-7-13(2)9-15(8-12)24(11-17(25)21-10-16-5-4-6-30-16)31(28,29)18-14(3)22-20(27)23-19(18)26/h4-9H,10-11H2,1-3H3,(H,21,25)(H2,22,23,26,27). The molecule has 0 saturated carbocycles. The number of nitrogens with one attached hydrogen (secondary N) is 3. The molecular formula is C20H22N4O5S2. The van der Waals surface area contributed by atoms with Gasteiger partial charge in [-0.3, -0.25) is 18.9 Å². The van der Waals surface area contributed by atoms with E-state index < -0.39 is 38.6 Å². The number of carbonyl (C=O) groups excluding carboxylic acids is 1. The molecule has 0 atom stereocenters. The quantitative estimate of drug-likeness (QED) is 0.490. The van der Waals surface area contributed by atoms with Gasteiger partial charge in [-0.25, -0.2) is 13.2 Å². The molecule has 3 rings (SSSR count). The molecule has 2 heterocycles. The summed E-state index contributed by atoms with van der Waals surface area (Å²) in [6, 6.07) is 8.80. The van der Waals surface area contributed by atoms with E-state index in [9.17, 15) is 22.8 Å². The molecule has 1 aromatic carbocycles. The van der Waals surface area contributed by atoms with Gasteiger partial charge >= 0.3 is 5.69 Å². The highest BCUT2D eigenvalue weighted by molar-refractivity contribution is 7.92. The zero-order chi connectivity index (χ0) is 22.8. The third-order valence-corrected chi connectivity index (χ3v) is 7.25. The van der Waals surface area contributed by atoms with Crippen LogP contribution in [0, 0.1) is 20.8 Å². The first-order valence-electron chi connectivity index (χ1n) is 9.31. The van der Waals surface area contributed by atoms with Crippen molar-refractivity contribution < 1.29 is 13.2 Å². The lowest BCUT2D eigenvalue weighted by Crippen LogP contribution is -2.43. The number of carbonyl (C=O) groups is 1. The second kappa shape index (κ2) is 8.90. The van der Waals surface area contributed by atoms with E-state index in [0.717, 1.165) is 20.3 Å². The summed E-state index contributed by atoms with van der Waals surface area (Å²) in [6.45, 7) is 4.65. The molecule has 0 aliphatic heterocycles. The fourth-order valence-electron chi connectivity index (χ4n) is 3.20. The Morgan fingerprint density at radius 1 is 1.10 bits per heavy atom. The Morgan fingerprint density at radius 2 is 1.77 bits per heavy atom. The molecule has 3 aromatic rings. The minimum Gasteiger partial charge on any atom is -0.350 e. The van der Waals surface area contributed by atoms with Crippen molar-refractivity contribution in [3.63, 3.8) is 0 Å². The number of anilines is 1. The highest BCUT2D eigenvalue weighted by Gasteiger charge is 2.32. The van der Waals surface area contributed by atoms with Crippen LogP contribution in [0.25, 0.3) is 0 Å². The number of nitrogens with zero attached hydrogens (tertiary/aromatic N) is 1. The van der Waals surface area contributed by atoms with Crippen molar-refractivity contribution in [2.24, 2.45) is 0 Å². The molecule has 31 heavy (non-hydrogen) atoms. The number of benzene rings is 1. The van der Waals surface area contributed by atoms with Crippen molar-refractivity contribution in [3.05, 3.63) is 78.2 Å². The van der Waals surface area contributed by atoms with Crippen molar-refractivity contribution in [1.82, 2.24) is 15.3 Å². The van der Waals surface area contributed by atoms with E-state index in [0.29, 0.717) is 0 Å². The van der Waals surface area contributed by atoms with Crippen LogP contribution in [0.5, 0.6) is 0 Å². The van der Waals surface area contributed by atoms with Gasteiger partial charge in [-0.1, -0.05) is 12.1 Å². The molecular weight excluding hydrogens is 440 g/mol. The molecule has 0 fully saturated rings. The monoisotopic (exact) mass is 462 g/mol. The molecule has 0 radical (unpaired) electrons. The van der Waals surface area contributed by atoms with Crippen LogP contribution < -0.4 is 20.9 Å². The third-order valence-electron chi connectivity index (χ3n) is 4.44. The van der Waals surface area contributed by atoms with Gasteiger partial charge in [-0.05, 0) is 55.5 Å². The first-order chi connectivity index (χ1) is 14.6. The Balaban J connectivity index is 2.04. The molecule has 164 valence electrons. The van der Waals surface area contributed by atoms with Gasteiger partial charge in [0.25, 0.3) is 15.6 Å².